The summed E-state index contributed by atoms with van der Waals surface area (Å²) in [6.07, 6.45) is 0.237. The number of methoxy groups -OCH3 is 1. The first kappa shape index (κ1) is 13.4. The number of aliphatic hydroxyl groups is 1. The van der Waals surface area contributed by atoms with Gasteiger partial charge in [-0.3, -0.25) is 0 Å². The number of hydrogen-bond donors (Lipinski definition) is 2. The van der Waals surface area contributed by atoms with Crippen molar-refractivity contribution < 1.29 is 9.84 Å². The molecule has 0 aliphatic heterocycles. The summed E-state index contributed by atoms with van der Waals surface area (Å²) < 4.78 is 5.16. The Balaban J connectivity index is 1.83. The molecular formula is C16H19NO2. The number of hydrogen-bond acceptors (Lipinski definition) is 3. The SMILES string of the molecule is COc1cccc(NCCC(O)c2ccccc2)c1. The van der Waals surface area contributed by atoms with E-state index in [4.69, 9.17) is 4.74 Å². The Kier molecular flexibility index (Phi) is 4.81. The van der Waals surface area contributed by atoms with Crippen molar-refractivity contribution in [2.45, 2.75) is 12.5 Å². The molecule has 2 aromatic carbocycles. The second-order valence-corrected chi connectivity index (χ2v) is 4.37. The van der Waals surface area contributed by atoms with Gasteiger partial charge in [-0.05, 0) is 24.1 Å². The monoisotopic (exact) mass is 257 g/mol. The zero-order chi connectivity index (χ0) is 13.5. The maximum absolute atomic E-state index is 10.0. The Morgan fingerprint density at radius 3 is 2.63 bits per heavy atom. The van der Waals surface area contributed by atoms with Crippen LogP contribution in [0, 0.1) is 0 Å². The quantitative estimate of drug-likeness (QED) is 0.834. The van der Waals surface area contributed by atoms with Crippen LogP contribution in [0.25, 0.3) is 0 Å². The lowest BCUT2D eigenvalue weighted by atomic mass is 10.1. The number of anilines is 1. The molecule has 0 amide bonds. The molecular weight excluding hydrogens is 238 g/mol. The molecule has 0 spiro atoms. The minimum absolute atomic E-state index is 0.431. The van der Waals surface area contributed by atoms with Gasteiger partial charge in [-0.15, -0.1) is 0 Å². The van der Waals surface area contributed by atoms with Gasteiger partial charge in [-0.1, -0.05) is 36.4 Å². The lowest BCUT2D eigenvalue weighted by Crippen LogP contribution is -2.07. The number of benzene rings is 2. The van der Waals surface area contributed by atoms with Crippen molar-refractivity contribution in [2.75, 3.05) is 19.0 Å². The van der Waals surface area contributed by atoms with Crippen molar-refractivity contribution in [3.8, 4) is 5.75 Å². The predicted octanol–water partition coefficient (Wildman–Crippen LogP) is 3.23. The van der Waals surface area contributed by atoms with Crippen LogP contribution in [0.5, 0.6) is 5.75 Å². The van der Waals surface area contributed by atoms with E-state index in [1.807, 2.05) is 54.6 Å². The third-order valence-corrected chi connectivity index (χ3v) is 3.00. The lowest BCUT2D eigenvalue weighted by Gasteiger charge is -2.12. The van der Waals surface area contributed by atoms with E-state index in [0.717, 1.165) is 17.0 Å². The van der Waals surface area contributed by atoms with Crippen LogP contribution < -0.4 is 10.1 Å². The molecule has 19 heavy (non-hydrogen) atoms. The summed E-state index contributed by atoms with van der Waals surface area (Å²) in [6, 6.07) is 17.5. The second-order valence-electron chi connectivity index (χ2n) is 4.37. The zero-order valence-corrected chi connectivity index (χ0v) is 11.0. The molecule has 2 aromatic rings. The topological polar surface area (TPSA) is 41.5 Å². The maximum atomic E-state index is 10.0. The van der Waals surface area contributed by atoms with Crippen molar-refractivity contribution in [3.05, 3.63) is 60.2 Å². The smallest absolute Gasteiger partial charge is 0.120 e. The molecule has 2 rings (SSSR count). The Morgan fingerprint density at radius 1 is 1.11 bits per heavy atom. The average molecular weight is 257 g/mol. The van der Waals surface area contributed by atoms with Crippen LogP contribution in [0.15, 0.2) is 54.6 Å². The van der Waals surface area contributed by atoms with Crippen molar-refractivity contribution in [3.63, 3.8) is 0 Å². The van der Waals surface area contributed by atoms with Gasteiger partial charge in [0.15, 0.2) is 0 Å². The summed E-state index contributed by atoms with van der Waals surface area (Å²) in [5.41, 5.74) is 1.95. The van der Waals surface area contributed by atoms with E-state index < -0.39 is 6.10 Å². The molecule has 3 heteroatoms. The third kappa shape index (κ3) is 4.00. The summed E-state index contributed by atoms with van der Waals surface area (Å²) in [4.78, 5) is 0. The fourth-order valence-electron chi connectivity index (χ4n) is 1.93. The molecule has 3 nitrogen and oxygen atoms in total. The molecule has 1 atom stereocenters. The van der Waals surface area contributed by atoms with Gasteiger partial charge in [-0.25, -0.2) is 0 Å². The van der Waals surface area contributed by atoms with Crippen molar-refractivity contribution in [1.82, 2.24) is 0 Å². The molecule has 100 valence electrons. The molecule has 0 fully saturated rings. The Morgan fingerprint density at radius 2 is 1.89 bits per heavy atom. The molecule has 0 aliphatic rings. The highest BCUT2D eigenvalue weighted by Gasteiger charge is 2.06. The molecule has 0 saturated carbocycles. The van der Waals surface area contributed by atoms with Crippen molar-refractivity contribution in [2.24, 2.45) is 0 Å². The van der Waals surface area contributed by atoms with E-state index in [1.54, 1.807) is 7.11 Å². The first-order chi connectivity index (χ1) is 9.29. The fraction of sp³-hybridized carbons (Fsp3) is 0.250. The van der Waals surface area contributed by atoms with Crippen LogP contribution in [0.3, 0.4) is 0 Å². The van der Waals surface area contributed by atoms with E-state index in [9.17, 15) is 5.11 Å². The van der Waals surface area contributed by atoms with Crippen molar-refractivity contribution >= 4 is 5.69 Å². The van der Waals surface area contributed by atoms with Gasteiger partial charge in [0, 0.05) is 18.3 Å². The highest BCUT2D eigenvalue weighted by molar-refractivity contribution is 5.48. The van der Waals surface area contributed by atoms with E-state index in [1.165, 1.54) is 0 Å². The first-order valence-corrected chi connectivity index (χ1v) is 6.40. The normalized spacial score (nSPS) is 11.9. The van der Waals surface area contributed by atoms with E-state index >= 15 is 0 Å². The van der Waals surface area contributed by atoms with Gasteiger partial charge in [0.25, 0.3) is 0 Å². The Labute approximate surface area is 113 Å². The predicted molar refractivity (Wildman–Crippen MR) is 77.5 cm³/mol. The zero-order valence-electron chi connectivity index (χ0n) is 11.0. The maximum Gasteiger partial charge on any atom is 0.120 e. The van der Waals surface area contributed by atoms with Gasteiger partial charge in [0.2, 0.25) is 0 Å². The standard InChI is InChI=1S/C16H19NO2/c1-19-15-9-5-8-14(12-15)17-11-10-16(18)13-6-3-2-4-7-13/h2-9,12,16-18H,10-11H2,1H3. The summed E-state index contributed by atoms with van der Waals surface area (Å²) in [6.45, 7) is 0.712. The van der Waals surface area contributed by atoms with E-state index in [0.29, 0.717) is 13.0 Å². The van der Waals surface area contributed by atoms with Crippen LogP contribution in [0.1, 0.15) is 18.1 Å². The second kappa shape index (κ2) is 6.81. The van der Waals surface area contributed by atoms with Crippen LogP contribution >= 0.6 is 0 Å². The summed E-state index contributed by atoms with van der Waals surface area (Å²) in [7, 11) is 1.65. The van der Waals surface area contributed by atoms with E-state index in [-0.39, 0.29) is 0 Å². The Bertz CT molecular complexity index is 499. The van der Waals surface area contributed by atoms with Gasteiger partial charge < -0.3 is 15.2 Å². The fourth-order valence-corrected chi connectivity index (χ4v) is 1.93. The van der Waals surface area contributed by atoms with Crippen LogP contribution in [0.4, 0.5) is 5.69 Å². The minimum Gasteiger partial charge on any atom is -0.497 e. The molecule has 0 aliphatic carbocycles. The third-order valence-electron chi connectivity index (χ3n) is 3.00. The number of nitrogens with one attached hydrogen (secondary N) is 1. The number of ether oxygens (including phenoxy) is 1. The minimum atomic E-state index is -0.431. The largest absolute Gasteiger partial charge is 0.497 e. The van der Waals surface area contributed by atoms with E-state index in [2.05, 4.69) is 5.32 Å². The highest BCUT2D eigenvalue weighted by atomic mass is 16.5. The lowest BCUT2D eigenvalue weighted by molar-refractivity contribution is 0.171. The molecule has 0 radical (unpaired) electrons. The van der Waals surface area contributed by atoms with Crippen molar-refractivity contribution in [1.29, 1.82) is 0 Å². The van der Waals surface area contributed by atoms with Crippen LogP contribution in [0.2, 0.25) is 0 Å². The summed E-state index contributed by atoms with van der Waals surface area (Å²) in [5, 5.41) is 13.3. The molecule has 0 aromatic heterocycles. The van der Waals surface area contributed by atoms with Gasteiger partial charge in [0.05, 0.1) is 13.2 Å². The Hall–Kier alpha value is -2.00. The number of rotatable bonds is 6. The summed E-state index contributed by atoms with van der Waals surface area (Å²) in [5.74, 6) is 0.827. The molecule has 0 heterocycles. The molecule has 0 saturated heterocycles. The first-order valence-electron chi connectivity index (χ1n) is 6.40. The molecule has 0 bridgehead atoms. The summed E-state index contributed by atoms with van der Waals surface area (Å²) >= 11 is 0. The average Bonchev–Trinajstić information content (AvgIpc) is 2.48. The van der Waals surface area contributed by atoms with Gasteiger partial charge in [0.1, 0.15) is 5.75 Å². The van der Waals surface area contributed by atoms with Gasteiger partial charge >= 0.3 is 0 Å². The highest BCUT2D eigenvalue weighted by Crippen LogP contribution is 2.19. The van der Waals surface area contributed by atoms with Crippen LogP contribution in [-0.4, -0.2) is 18.8 Å². The molecule has 1 unspecified atom stereocenters. The van der Waals surface area contributed by atoms with Gasteiger partial charge in [-0.2, -0.15) is 0 Å². The van der Waals surface area contributed by atoms with Crippen LogP contribution in [-0.2, 0) is 0 Å². The number of aliphatic hydroxyl groups excluding tert-OH is 1. The molecule has 2 N–H and O–H groups in total.